The van der Waals surface area contributed by atoms with Gasteiger partial charge in [0.2, 0.25) is 0 Å². The highest BCUT2D eigenvalue weighted by atomic mass is 32.1. The fourth-order valence-corrected chi connectivity index (χ4v) is 3.24. The first-order valence-electron chi connectivity index (χ1n) is 7.18. The Hall–Kier alpha value is -1.23. The van der Waals surface area contributed by atoms with Crippen molar-refractivity contribution < 1.29 is 0 Å². The Bertz CT molecular complexity index is 484. The third-order valence-electron chi connectivity index (χ3n) is 3.64. The SMILES string of the molecule is CCC(N)C(c1cccnc1)N(CC)Cc1cccs1. The number of nitrogens with zero attached hydrogens (tertiary/aromatic N) is 2. The van der Waals surface area contributed by atoms with E-state index >= 15 is 0 Å². The number of pyridine rings is 1. The van der Waals surface area contributed by atoms with E-state index in [1.54, 1.807) is 11.3 Å². The van der Waals surface area contributed by atoms with Gasteiger partial charge in [-0.1, -0.05) is 26.0 Å². The Balaban J connectivity index is 2.24. The molecule has 0 aliphatic rings. The minimum Gasteiger partial charge on any atom is -0.326 e. The molecular formula is C16H23N3S. The third-order valence-corrected chi connectivity index (χ3v) is 4.50. The molecule has 2 aromatic heterocycles. The van der Waals surface area contributed by atoms with Crippen LogP contribution in [0.15, 0.2) is 42.0 Å². The molecular weight excluding hydrogens is 266 g/mol. The molecule has 2 atom stereocenters. The van der Waals surface area contributed by atoms with Gasteiger partial charge in [-0.2, -0.15) is 0 Å². The average Bonchev–Trinajstić information content (AvgIpc) is 3.00. The van der Waals surface area contributed by atoms with Gasteiger partial charge >= 0.3 is 0 Å². The molecule has 2 unspecified atom stereocenters. The summed E-state index contributed by atoms with van der Waals surface area (Å²) in [6.07, 6.45) is 4.71. The zero-order valence-electron chi connectivity index (χ0n) is 12.2. The summed E-state index contributed by atoms with van der Waals surface area (Å²) in [5.74, 6) is 0. The lowest BCUT2D eigenvalue weighted by Crippen LogP contribution is -2.40. The van der Waals surface area contributed by atoms with Gasteiger partial charge in [0, 0.05) is 29.9 Å². The maximum atomic E-state index is 6.39. The summed E-state index contributed by atoms with van der Waals surface area (Å²) >= 11 is 1.80. The molecule has 0 aliphatic heterocycles. The highest BCUT2D eigenvalue weighted by Crippen LogP contribution is 2.27. The molecule has 2 aromatic rings. The summed E-state index contributed by atoms with van der Waals surface area (Å²) in [6, 6.07) is 8.76. The monoisotopic (exact) mass is 289 g/mol. The smallest absolute Gasteiger partial charge is 0.0518 e. The largest absolute Gasteiger partial charge is 0.326 e. The number of hydrogen-bond donors (Lipinski definition) is 1. The van der Waals surface area contributed by atoms with E-state index in [9.17, 15) is 0 Å². The fraction of sp³-hybridized carbons (Fsp3) is 0.438. The maximum absolute atomic E-state index is 6.39. The van der Waals surface area contributed by atoms with Crippen molar-refractivity contribution in [2.75, 3.05) is 6.54 Å². The molecule has 0 aliphatic carbocycles. The van der Waals surface area contributed by atoms with Gasteiger partial charge in [0.05, 0.1) is 6.04 Å². The Morgan fingerprint density at radius 1 is 1.30 bits per heavy atom. The van der Waals surface area contributed by atoms with Gasteiger partial charge in [0.1, 0.15) is 0 Å². The van der Waals surface area contributed by atoms with Gasteiger partial charge in [-0.25, -0.2) is 0 Å². The molecule has 0 radical (unpaired) electrons. The highest BCUT2D eigenvalue weighted by molar-refractivity contribution is 7.09. The lowest BCUT2D eigenvalue weighted by molar-refractivity contribution is 0.170. The van der Waals surface area contributed by atoms with E-state index in [1.165, 1.54) is 10.4 Å². The minimum atomic E-state index is 0.124. The standard InChI is InChI=1S/C16H23N3S/c1-3-15(17)16(13-7-5-9-18-11-13)19(4-2)12-14-8-6-10-20-14/h5-11,15-16H,3-4,12,17H2,1-2H3. The first-order chi connectivity index (χ1) is 9.76. The van der Waals surface area contributed by atoms with Gasteiger partial charge in [0.25, 0.3) is 0 Å². The van der Waals surface area contributed by atoms with E-state index in [0.717, 1.165) is 19.5 Å². The van der Waals surface area contributed by atoms with Crippen molar-refractivity contribution in [2.45, 2.75) is 38.9 Å². The molecule has 0 bridgehead atoms. The lowest BCUT2D eigenvalue weighted by atomic mass is 9.97. The number of likely N-dealkylation sites (N-methyl/N-ethyl adjacent to an activating group) is 1. The van der Waals surface area contributed by atoms with Crippen LogP contribution >= 0.6 is 11.3 Å². The van der Waals surface area contributed by atoms with Crippen LogP contribution in [0.2, 0.25) is 0 Å². The second-order valence-corrected chi connectivity index (χ2v) is 5.98. The van der Waals surface area contributed by atoms with E-state index in [1.807, 2.05) is 18.5 Å². The van der Waals surface area contributed by atoms with Crippen molar-refractivity contribution in [3.63, 3.8) is 0 Å². The molecule has 0 spiro atoms. The minimum absolute atomic E-state index is 0.124. The second kappa shape index (κ2) is 7.53. The first kappa shape index (κ1) is 15.2. The molecule has 3 nitrogen and oxygen atoms in total. The molecule has 4 heteroatoms. The molecule has 0 amide bonds. The summed E-state index contributed by atoms with van der Waals surface area (Å²) < 4.78 is 0. The van der Waals surface area contributed by atoms with Crippen LogP contribution in [0.5, 0.6) is 0 Å². The van der Waals surface area contributed by atoms with E-state index < -0.39 is 0 Å². The summed E-state index contributed by atoms with van der Waals surface area (Å²) in [4.78, 5) is 8.08. The summed E-state index contributed by atoms with van der Waals surface area (Å²) in [5, 5.41) is 2.13. The Morgan fingerprint density at radius 2 is 2.15 bits per heavy atom. The Labute approximate surface area is 125 Å². The van der Waals surface area contributed by atoms with E-state index in [-0.39, 0.29) is 12.1 Å². The molecule has 0 saturated carbocycles. The maximum Gasteiger partial charge on any atom is 0.0518 e. The predicted molar refractivity (Wildman–Crippen MR) is 85.6 cm³/mol. The highest BCUT2D eigenvalue weighted by Gasteiger charge is 2.25. The second-order valence-electron chi connectivity index (χ2n) is 4.95. The van der Waals surface area contributed by atoms with Crippen LogP contribution in [0.3, 0.4) is 0 Å². The predicted octanol–water partition coefficient (Wildman–Crippen LogP) is 3.44. The quantitative estimate of drug-likeness (QED) is 0.849. The van der Waals surface area contributed by atoms with Crippen LogP contribution in [-0.4, -0.2) is 22.5 Å². The van der Waals surface area contributed by atoms with Crippen LogP contribution < -0.4 is 5.73 Å². The number of nitrogens with two attached hydrogens (primary N) is 1. The van der Waals surface area contributed by atoms with E-state index in [4.69, 9.17) is 5.73 Å². The summed E-state index contributed by atoms with van der Waals surface area (Å²) in [5.41, 5.74) is 7.60. The van der Waals surface area contributed by atoms with Gasteiger partial charge in [0.15, 0.2) is 0 Å². The van der Waals surface area contributed by atoms with Crippen LogP contribution in [0.25, 0.3) is 0 Å². The Kier molecular flexibility index (Phi) is 5.71. The van der Waals surface area contributed by atoms with Crippen molar-refractivity contribution in [1.29, 1.82) is 0 Å². The van der Waals surface area contributed by atoms with Crippen molar-refractivity contribution >= 4 is 11.3 Å². The molecule has 0 saturated heterocycles. The third kappa shape index (κ3) is 3.66. The van der Waals surface area contributed by atoms with Crippen LogP contribution in [0.4, 0.5) is 0 Å². The normalized spacial score (nSPS) is 14.4. The molecule has 20 heavy (non-hydrogen) atoms. The van der Waals surface area contributed by atoms with Crippen LogP contribution in [0, 0.1) is 0 Å². The zero-order chi connectivity index (χ0) is 14.4. The summed E-state index contributed by atoms with van der Waals surface area (Å²) in [7, 11) is 0. The fourth-order valence-electron chi connectivity index (χ4n) is 2.51. The lowest BCUT2D eigenvalue weighted by Gasteiger charge is -2.34. The van der Waals surface area contributed by atoms with Gasteiger partial charge in [-0.15, -0.1) is 11.3 Å². The molecule has 2 heterocycles. The molecule has 0 fully saturated rings. The van der Waals surface area contributed by atoms with E-state index in [0.29, 0.717) is 0 Å². The van der Waals surface area contributed by atoms with Crippen LogP contribution in [-0.2, 0) is 6.54 Å². The number of hydrogen-bond acceptors (Lipinski definition) is 4. The van der Waals surface area contributed by atoms with Crippen molar-refractivity contribution in [2.24, 2.45) is 5.73 Å². The number of aromatic nitrogens is 1. The topological polar surface area (TPSA) is 42.1 Å². The molecule has 2 rings (SSSR count). The first-order valence-corrected chi connectivity index (χ1v) is 8.06. The molecule has 2 N–H and O–H groups in total. The molecule has 0 aromatic carbocycles. The van der Waals surface area contributed by atoms with Gasteiger partial charge < -0.3 is 5.73 Å². The van der Waals surface area contributed by atoms with Gasteiger partial charge in [-0.3, -0.25) is 9.88 Å². The molecule has 108 valence electrons. The number of thiophene rings is 1. The van der Waals surface area contributed by atoms with Crippen molar-refractivity contribution in [3.8, 4) is 0 Å². The zero-order valence-corrected chi connectivity index (χ0v) is 13.0. The van der Waals surface area contributed by atoms with E-state index in [2.05, 4.69) is 47.3 Å². The average molecular weight is 289 g/mol. The van der Waals surface area contributed by atoms with Crippen LogP contribution in [0.1, 0.15) is 36.8 Å². The van der Waals surface area contributed by atoms with Crippen molar-refractivity contribution in [3.05, 3.63) is 52.5 Å². The number of rotatable bonds is 7. The summed E-state index contributed by atoms with van der Waals surface area (Å²) in [6.45, 7) is 6.26. The van der Waals surface area contributed by atoms with Gasteiger partial charge in [-0.05, 0) is 36.0 Å². The van der Waals surface area contributed by atoms with Crippen molar-refractivity contribution in [1.82, 2.24) is 9.88 Å². The Morgan fingerprint density at radius 3 is 2.70 bits per heavy atom.